The average Bonchev–Trinajstić information content (AvgIpc) is 2.62. The lowest BCUT2D eigenvalue weighted by Gasteiger charge is -2.30. The Hall–Kier alpha value is -2.41. The van der Waals surface area contributed by atoms with Gasteiger partial charge in [-0.3, -0.25) is 20.4 Å². The summed E-state index contributed by atoms with van der Waals surface area (Å²) in [5, 5.41) is 0. The van der Waals surface area contributed by atoms with Crippen molar-refractivity contribution in [1.29, 1.82) is 0 Å². The largest absolute Gasteiger partial charge is 0.362 e. The first-order valence-electron chi connectivity index (χ1n) is 7.91. The van der Waals surface area contributed by atoms with Gasteiger partial charge in [0.05, 0.1) is 12.1 Å². The number of carbonyl (C=O) groups excluding carboxylic acids is 2. The molecule has 0 saturated heterocycles. The second kappa shape index (κ2) is 7.65. The molecule has 2 aromatic carbocycles. The molecule has 2 amide bonds. The number of carbonyl (C=O) groups is 2. The fraction of sp³-hybridized carbons (Fsp3) is 0.222. The maximum Gasteiger partial charge on any atom is 0.270 e. The van der Waals surface area contributed by atoms with Crippen LogP contribution in [-0.2, 0) is 11.2 Å². The van der Waals surface area contributed by atoms with Crippen LogP contribution >= 0.6 is 15.9 Å². The van der Waals surface area contributed by atoms with E-state index in [1.807, 2.05) is 23.1 Å². The number of nitrogens with zero attached hydrogens (tertiary/aromatic N) is 1. The lowest BCUT2D eigenvalue weighted by Crippen LogP contribution is -2.47. The first kappa shape index (κ1) is 17.4. The van der Waals surface area contributed by atoms with Gasteiger partial charge in [0.25, 0.3) is 11.8 Å². The van der Waals surface area contributed by atoms with Gasteiger partial charge in [0.2, 0.25) is 0 Å². The molecule has 1 aliphatic rings. The summed E-state index contributed by atoms with van der Waals surface area (Å²) in [6, 6.07) is 11.8. The third-order valence-corrected chi connectivity index (χ3v) is 4.72. The minimum absolute atomic E-state index is 0.114. The highest BCUT2D eigenvalue weighted by Crippen LogP contribution is 2.26. The summed E-state index contributed by atoms with van der Waals surface area (Å²) in [5.41, 5.74) is 7.08. The van der Waals surface area contributed by atoms with E-state index in [-0.39, 0.29) is 18.0 Å². The summed E-state index contributed by atoms with van der Waals surface area (Å²) >= 11 is 3.19. The Kier molecular flexibility index (Phi) is 5.33. The number of anilines is 1. The van der Waals surface area contributed by atoms with Crippen LogP contribution in [-0.4, -0.2) is 24.9 Å². The smallest absolute Gasteiger partial charge is 0.270 e. The van der Waals surface area contributed by atoms with Crippen LogP contribution in [0.4, 0.5) is 10.1 Å². The van der Waals surface area contributed by atoms with Crippen LogP contribution < -0.4 is 15.8 Å². The molecule has 0 atom stereocenters. The van der Waals surface area contributed by atoms with Crippen LogP contribution in [0.5, 0.6) is 0 Å². The van der Waals surface area contributed by atoms with Gasteiger partial charge in [-0.25, -0.2) is 4.39 Å². The first-order chi connectivity index (χ1) is 12.0. The highest BCUT2D eigenvalue weighted by Gasteiger charge is 2.19. The molecular formula is C18H17BrFN3O2. The molecule has 130 valence electrons. The number of nitrogens with one attached hydrogen (secondary N) is 2. The predicted molar refractivity (Wildman–Crippen MR) is 96.7 cm³/mol. The molecule has 0 radical (unpaired) electrons. The van der Waals surface area contributed by atoms with E-state index >= 15 is 0 Å². The van der Waals surface area contributed by atoms with Crippen molar-refractivity contribution < 1.29 is 14.0 Å². The van der Waals surface area contributed by atoms with Crippen molar-refractivity contribution in [2.24, 2.45) is 0 Å². The molecule has 2 aromatic rings. The summed E-state index contributed by atoms with van der Waals surface area (Å²) in [5.74, 6) is -1.44. The molecule has 25 heavy (non-hydrogen) atoms. The molecule has 0 saturated carbocycles. The topological polar surface area (TPSA) is 61.4 Å². The number of aryl methyl sites for hydroxylation is 1. The Morgan fingerprint density at radius 1 is 1.16 bits per heavy atom. The first-order valence-corrected chi connectivity index (χ1v) is 8.71. The summed E-state index contributed by atoms with van der Waals surface area (Å²) in [6.45, 7) is 0.926. The molecule has 5 nitrogen and oxygen atoms in total. The number of hydrazine groups is 1. The fourth-order valence-corrected chi connectivity index (χ4v) is 3.28. The van der Waals surface area contributed by atoms with E-state index in [1.54, 1.807) is 0 Å². The molecule has 7 heteroatoms. The van der Waals surface area contributed by atoms with Gasteiger partial charge < -0.3 is 4.90 Å². The van der Waals surface area contributed by atoms with E-state index in [0.717, 1.165) is 31.1 Å². The molecule has 3 rings (SSSR count). The lowest BCUT2D eigenvalue weighted by molar-refractivity contribution is -0.120. The number of para-hydroxylation sites is 1. The molecule has 1 aliphatic heterocycles. The van der Waals surface area contributed by atoms with E-state index < -0.39 is 11.7 Å². The van der Waals surface area contributed by atoms with Crippen LogP contribution in [0, 0.1) is 5.82 Å². The van der Waals surface area contributed by atoms with Crippen molar-refractivity contribution in [1.82, 2.24) is 10.9 Å². The van der Waals surface area contributed by atoms with E-state index in [2.05, 4.69) is 32.8 Å². The van der Waals surface area contributed by atoms with Crippen molar-refractivity contribution in [2.75, 3.05) is 18.0 Å². The highest BCUT2D eigenvalue weighted by atomic mass is 79.9. The van der Waals surface area contributed by atoms with Crippen molar-refractivity contribution in [3.05, 3.63) is 63.9 Å². The molecule has 0 spiro atoms. The Morgan fingerprint density at radius 2 is 1.96 bits per heavy atom. The van der Waals surface area contributed by atoms with Gasteiger partial charge >= 0.3 is 0 Å². The van der Waals surface area contributed by atoms with Crippen LogP contribution in [0.25, 0.3) is 0 Å². The molecule has 2 N–H and O–H groups in total. The molecule has 0 aliphatic carbocycles. The van der Waals surface area contributed by atoms with Crippen molar-refractivity contribution in [3.8, 4) is 0 Å². The summed E-state index contributed by atoms with van der Waals surface area (Å²) in [7, 11) is 0. The molecule has 0 bridgehead atoms. The Bertz CT molecular complexity index is 813. The highest BCUT2D eigenvalue weighted by molar-refractivity contribution is 9.10. The zero-order valence-corrected chi connectivity index (χ0v) is 15.0. The summed E-state index contributed by atoms with van der Waals surface area (Å²) in [4.78, 5) is 26.2. The van der Waals surface area contributed by atoms with E-state index in [1.165, 1.54) is 17.7 Å². The van der Waals surface area contributed by atoms with Gasteiger partial charge in [-0.1, -0.05) is 18.2 Å². The maximum atomic E-state index is 13.3. The zero-order chi connectivity index (χ0) is 17.8. The number of fused-ring (bicyclic) bond motifs is 1. The Morgan fingerprint density at radius 3 is 2.80 bits per heavy atom. The maximum absolute atomic E-state index is 13.3. The molecule has 1 heterocycles. The van der Waals surface area contributed by atoms with E-state index in [9.17, 15) is 14.0 Å². The fourth-order valence-electron chi connectivity index (χ4n) is 2.85. The monoisotopic (exact) mass is 405 g/mol. The van der Waals surface area contributed by atoms with Crippen LogP contribution in [0.1, 0.15) is 22.3 Å². The third kappa shape index (κ3) is 4.17. The number of hydrogen-bond acceptors (Lipinski definition) is 3. The third-order valence-electron chi connectivity index (χ3n) is 4.03. The number of halogens is 2. The molecule has 0 unspecified atom stereocenters. The number of hydrogen-bond donors (Lipinski definition) is 2. The van der Waals surface area contributed by atoms with Gasteiger partial charge in [0.15, 0.2) is 0 Å². The average molecular weight is 406 g/mol. The van der Waals surface area contributed by atoms with Crippen LogP contribution in [0.15, 0.2) is 46.9 Å². The van der Waals surface area contributed by atoms with Crippen molar-refractivity contribution in [3.63, 3.8) is 0 Å². The SMILES string of the molecule is O=C(CN1CCCc2ccccc21)NNC(=O)c1cc(F)ccc1Br. The minimum atomic E-state index is -0.584. The molecule has 0 fully saturated rings. The number of amides is 2. The van der Waals surface area contributed by atoms with Gasteiger partial charge in [0, 0.05) is 16.7 Å². The second-order valence-corrected chi connectivity index (χ2v) is 6.63. The number of rotatable bonds is 3. The Labute approximate surface area is 153 Å². The van der Waals surface area contributed by atoms with Gasteiger partial charge in [0.1, 0.15) is 5.82 Å². The van der Waals surface area contributed by atoms with Crippen LogP contribution in [0.3, 0.4) is 0 Å². The van der Waals surface area contributed by atoms with Crippen LogP contribution in [0.2, 0.25) is 0 Å². The van der Waals surface area contributed by atoms with Gasteiger partial charge in [-0.2, -0.15) is 0 Å². The van der Waals surface area contributed by atoms with E-state index in [0.29, 0.717) is 4.47 Å². The minimum Gasteiger partial charge on any atom is -0.362 e. The van der Waals surface area contributed by atoms with E-state index in [4.69, 9.17) is 0 Å². The second-order valence-electron chi connectivity index (χ2n) is 5.78. The van der Waals surface area contributed by atoms with Gasteiger partial charge in [-0.15, -0.1) is 0 Å². The normalized spacial score (nSPS) is 13.1. The Balaban J connectivity index is 1.59. The van der Waals surface area contributed by atoms with Gasteiger partial charge in [-0.05, 0) is 58.6 Å². The predicted octanol–water partition coefficient (Wildman–Crippen LogP) is 2.80. The quantitative estimate of drug-likeness (QED) is 0.771. The van der Waals surface area contributed by atoms with Crippen molar-refractivity contribution >= 4 is 33.4 Å². The molecular weight excluding hydrogens is 389 g/mol. The zero-order valence-electron chi connectivity index (χ0n) is 13.4. The van der Waals surface area contributed by atoms with Crippen molar-refractivity contribution in [2.45, 2.75) is 12.8 Å². The summed E-state index contributed by atoms with van der Waals surface area (Å²) < 4.78 is 13.7. The number of benzene rings is 2. The molecule has 0 aromatic heterocycles. The summed E-state index contributed by atoms with van der Waals surface area (Å²) in [6.07, 6.45) is 1.98. The standard InChI is InChI=1S/C18H17BrFN3O2/c19-15-8-7-13(20)10-14(15)18(25)22-21-17(24)11-23-9-3-5-12-4-1-2-6-16(12)23/h1-2,4,6-8,10H,3,5,9,11H2,(H,21,24)(H,22,25). The lowest BCUT2D eigenvalue weighted by atomic mass is 10.0.